The monoisotopic (exact) mass is 465 g/mol. The van der Waals surface area contributed by atoms with Crippen LogP contribution in [0.3, 0.4) is 0 Å². The maximum atomic E-state index is 13.1. The van der Waals surface area contributed by atoms with E-state index in [1.807, 2.05) is 51.1 Å². The molecule has 2 atom stereocenters. The molecule has 4 amide bonds. The van der Waals surface area contributed by atoms with Crippen LogP contribution < -0.4 is 19.7 Å². The van der Waals surface area contributed by atoms with Gasteiger partial charge >= 0.3 is 6.03 Å². The molecule has 0 bridgehead atoms. The number of nitrogens with one attached hydrogen (secondary N) is 1. The number of urea groups is 1. The molecule has 34 heavy (non-hydrogen) atoms. The minimum absolute atomic E-state index is 0.0710. The lowest BCUT2D eigenvalue weighted by atomic mass is 9.95. The van der Waals surface area contributed by atoms with Gasteiger partial charge in [-0.3, -0.25) is 19.4 Å². The number of rotatable bonds is 6. The molecule has 2 aliphatic heterocycles. The average Bonchev–Trinajstić information content (AvgIpc) is 2.97. The molecule has 1 N–H and O–H groups in total. The van der Waals surface area contributed by atoms with E-state index in [0.29, 0.717) is 30.4 Å². The fourth-order valence-electron chi connectivity index (χ4n) is 4.28. The van der Waals surface area contributed by atoms with Gasteiger partial charge in [-0.1, -0.05) is 37.6 Å². The molecule has 2 aliphatic rings. The molecule has 2 aromatic carbocycles. The van der Waals surface area contributed by atoms with E-state index in [1.165, 1.54) is 4.90 Å². The number of carbonyl (C=O) groups is 3. The van der Waals surface area contributed by atoms with E-state index in [0.717, 1.165) is 22.4 Å². The van der Waals surface area contributed by atoms with E-state index in [-0.39, 0.29) is 18.5 Å². The summed E-state index contributed by atoms with van der Waals surface area (Å²) in [5, 5.41) is 3.00. The Kier molecular flexibility index (Phi) is 6.77. The van der Waals surface area contributed by atoms with E-state index in [4.69, 9.17) is 9.47 Å². The standard InChI is InChI=1S/C26H31N3O5/c1-16(2)24(19-8-11-21-22(14-19)34-13-5-12-33-21)27-23(30)15-28-25(31)18(4)29(26(28)32)20-9-6-17(3)7-10-20/h6-11,14,16,18,24H,5,12-13,15H2,1-4H3,(H,27,30)/t18-,24-/m0/s1. The molecular formula is C26H31N3O5. The molecule has 2 aromatic rings. The van der Waals surface area contributed by atoms with Crippen molar-refractivity contribution in [1.82, 2.24) is 10.2 Å². The van der Waals surface area contributed by atoms with Gasteiger partial charge in [-0.2, -0.15) is 0 Å². The zero-order chi connectivity index (χ0) is 24.4. The van der Waals surface area contributed by atoms with Crippen molar-refractivity contribution >= 4 is 23.5 Å². The maximum Gasteiger partial charge on any atom is 0.332 e. The lowest BCUT2D eigenvalue weighted by molar-refractivity contribution is -0.132. The summed E-state index contributed by atoms with van der Waals surface area (Å²) in [6.45, 7) is 8.47. The molecule has 8 nitrogen and oxygen atoms in total. The first-order valence-electron chi connectivity index (χ1n) is 11.7. The van der Waals surface area contributed by atoms with Crippen LogP contribution in [0, 0.1) is 12.8 Å². The first kappa shape index (κ1) is 23.6. The highest BCUT2D eigenvalue weighted by molar-refractivity contribution is 6.15. The Balaban J connectivity index is 1.48. The minimum Gasteiger partial charge on any atom is -0.490 e. The summed E-state index contributed by atoms with van der Waals surface area (Å²) < 4.78 is 11.5. The fraction of sp³-hybridized carbons (Fsp3) is 0.423. The van der Waals surface area contributed by atoms with Gasteiger partial charge in [0.25, 0.3) is 5.91 Å². The quantitative estimate of drug-likeness (QED) is 0.655. The summed E-state index contributed by atoms with van der Waals surface area (Å²) in [6, 6.07) is 11.5. The highest BCUT2D eigenvalue weighted by Crippen LogP contribution is 2.34. The summed E-state index contributed by atoms with van der Waals surface area (Å²) >= 11 is 0. The molecule has 0 unspecified atom stereocenters. The third kappa shape index (κ3) is 4.71. The number of ether oxygens (including phenoxy) is 2. The van der Waals surface area contributed by atoms with Gasteiger partial charge < -0.3 is 14.8 Å². The van der Waals surface area contributed by atoms with Crippen molar-refractivity contribution in [2.75, 3.05) is 24.7 Å². The van der Waals surface area contributed by atoms with Gasteiger partial charge in [-0.05, 0) is 49.6 Å². The summed E-state index contributed by atoms with van der Waals surface area (Å²) in [5.41, 5.74) is 2.56. The number of amides is 4. The number of aryl methyl sites for hydroxylation is 1. The van der Waals surface area contributed by atoms with Crippen molar-refractivity contribution in [2.24, 2.45) is 5.92 Å². The Morgan fingerprint density at radius 3 is 2.41 bits per heavy atom. The molecule has 4 rings (SSSR count). The number of fused-ring (bicyclic) bond motifs is 1. The van der Waals surface area contributed by atoms with Crippen molar-refractivity contribution in [1.29, 1.82) is 0 Å². The number of benzene rings is 2. The molecule has 8 heteroatoms. The molecule has 0 spiro atoms. The van der Waals surface area contributed by atoms with Crippen LogP contribution in [0.1, 0.15) is 44.4 Å². The van der Waals surface area contributed by atoms with Crippen LogP contribution in [0.25, 0.3) is 0 Å². The van der Waals surface area contributed by atoms with E-state index < -0.39 is 23.9 Å². The lowest BCUT2D eigenvalue weighted by Crippen LogP contribution is -2.43. The minimum atomic E-state index is -0.675. The zero-order valence-electron chi connectivity index (χ0n) is 20.0. The summed E-state index contributed by atoms with van der Waals surface area (Å²) in [4.78, 5) is 41.3. The Bertz CT molecular complexity index is 1080. The van der Waals surface area contributed by atoms with Gasteiger partial charge in [0.05, 0.1) is 19.3 Å². The van der Waals surface area contributed by atoms with Crippen molar-refractivity contribution in [3.8, 4) is 11.5 Å². The van der Waals surface area contributed by atoms with Gasteiger partial charge in [0.2, 0.25) is 5.91 Å². The first-order valence-corrected chi connectivity index (χ1v) is 11.7. The molecular weight excluding hydrogens is 434 g/mol. The zero-order valence-corrected chi connectivity index (χ0v) is 20.0. The summed E-state index contributed by atoms with van der Waals surface area (Å²) in [5.74, 6) is 0.625. The SMILES string of the molecule is Cc1ccc(N2C(=O)N(CC(=O)N[C@H](c3ccc4c(c3)OCCCO4)C(C)C)C(=O)[C@@H]2C)cc1. The normalized spacial score (nSPS) is 18.8. The van der Waals surface area contributed by atoms with Gasteiger partial charge in [0, 0.05) is 12.1 Å². The lowest BCUT2D eigenvalue weighted by Gasteiger charge is -2.25. The fourth-order valence-corrected chi connectivity index (χ4v) is 4.28. The molecule has 0 aromatic heterocycles. The van der Waals surface area contributed by atoms with Crippen molar-refractivity contribution < 1.29 is 23.9 Å². The molecule has 0 saturated carbocycles. The van der Waals surface area contributed by atoms with E-state index in [9.17, 15) is 14.4 Å². The summed E-state index contributed by atoms with van der Waals surface area (Å²) in [6.07, 6.45) is 0.810. The Hall–Kier alpha value is -3.55. The number of imide groups is 1. The molecule has 2 heterocycles. The second kappa shape index (κ2) is 9.75. The van der Waals surface area contributed by atoms with Gasteiger partial charge in [-0.25, -0.2) is 4.79 Å². The largest absolute Gasteiger partial charge is 0.490 e. The third-order valence-corrected chi connectivity index (χ3v) is 6.18. The molecule has 1 saturated heterocycles. The Labute approximate surface area is 199 Å². The number of hydrogen-bond acceptors (Lipinski definition) is 5. The number of carbonyl (C=O) groups excluding carboxylic acids is 3. The molecule has 1 fully saturated rings. The Morgan fingerprint density at radius 1 is 1.06 bits per heavy atom. The number of anilines is 1. The van der Waals surface area contributed by atoms with Crippen LogP contribution in [-0.4, -0.2) is 48.5 Å². The van der Waals surface area contributed by atoms with E-state index in [1.54, 1.807) is 19.1 Å². The van der Waals surface area contributed by atoms with Gasteiger partial charge in [0.15, 0.2) is 11.5 Å². The molecule has 0 radical (unpaired) electrons. The first-order chi connectivity index (χ1) is 16.3. The number of nitrogens with zero attached hydrogens (tertiary/aromatic N) is 2. The van der Waals surface area contributed by atoms with E-state index >= 15 is 0 Å². The van der Waals surface area contributed by atoms with E-state index in [2.05, 4.69) is 5.32 Å². The highest BCUT2D eigenvalue weighted by atomic mass is 16.5. The smallest absolute Gasteiger partial charge is 0.332 e. The van der Waals surface area contributed by atoms with Crippen LogP contribution in [0.15, 0.2) is 42.5 Å². The predicted molar refractivity (Wildman–Crippen MR) is 128 cm³/mol. The number of hydrogen-bond donors (Lipinski definition) is 1. The van der Waals surface area contributed by atoms with Crippen molar-refractivity contribution in [3.63, 3.8) is 0 Å². The van der Waals surface area contributed by atoms with Crippen molar-refractivity contribution in [2.45, 2.75) is 46.2 Å². The van der Waals surface area contributed by atoms with Crippen LogP contribution in [0.2, 0.25) is 0 Å². The predicted octanol–water partition coefficient (Wildman–Crippen LogP) is 3.83. The molecule has 180 valence electrons. The summed E-state index contributed by atoms with van der Waals surface area (Å²) in [7, 11) is 0. The third-order valence-electron chi connectivity index (χ3n) is 6.18. The second-order valence-electron chi connectivity index (χ2n) is 9.13. The topological polar surface area (TPSA) is 88.2 Å². The highest BCUT2D eigenvalue weighted by Gasteiger charge is 2.44. The van der Waals surface area contributed by atoms with Crippen LogP contribution >= 0.6 is 0 Å². The maximum absolute atomic E-state index is 13.1. The van der Waals surface area contributed by atoms with Crippen LogP contribution in [0.4, 0.5) is 10.5 Å². The average molecular weight is 466 g/mol. The van der Waals surface area contributed by atoms with Crippen molar-refractivity contribution in [3.05, 3.63) is 53.6 Å². The van der Waals surface area contributed by atoms with Crippen LogP contribution in [-0.2, 0) is 9.59 Å². The van der Waals surface area contributed by atoms with Gasteiger partial charge in [0.1, 0.15) is 12.6 Å². The van der Waals surface area contributed by atoms with Crippen LogP contribution in [0.5, 0.6) is 11.5 Å². The second-order valence-corrected chi connectivity index (χ2v) is 9.13. The van der Waals surface area contributed by atoms with Gasteiger partial charge in [-0.15, -0.1) is 0 Å². The molecule has 0 aliphatic carbocycles. The Morgan fingerprint density at radius 2 is 1.74 bits per heavy atom.